The molecule has 1 aromatic heterocycles. The van der Waals surface area contributed by atoms with Crippen molar-refractivity contribution in [2.75, 3.05) is 78.8 Å². The molecule has 4 aromatic carbocycles. The van der Waals surface area contributed by atoms with Crippen LogP contribution in [0.5, 0.6) is 23.0 Å². The normalized spacial score (nSPS) is 13.1. The molecule has 5 N–H and O–H groups in total. The lowest BCUT2D eigenvalue weighted by atomic mass is 9.86. The Morgan fingerprint density at radius 2 is 1.61 bits per heavy atom. The highest BCUT2D eigenvalue weighted by atomic mass is 32.2. The predicted octanol–water partition coefficient (Wildman–Crippen LogP) is 9.20. The topological polar surface area (TPSA) is 138 Å². The van der Waals surface area contributed by atoms with E-state index in [1.165, 1.54) is 11.9 Å². The molecule has 56 heavy (non-hydrogen) atoms. The number of pyridine rings is 1. The fourth-order valence-electron chi connectivity index (χ4n) is 6.30. The van der Waals surface area contributed by atoms with Gasteiger partial charge in [-0.15, -0.1) is 0 Å². The summed E-state index contributed by atoms with van der Waals surface area (Å²) in [5.74, 6) is 4.83. The van der Waals surface area contributed by atoms with Crippen molar-refractivity contribution in [2.24, 2.45) is 0 Å². The van der Waals surface area contributed by atoms with Crippen LogP contribution in [-0.2, 0) is 5.41 Å². The van der Waals surface area contributed by atoms with Crippen molar-refractivity contribution in [2.45, 2.75) is 26.2 Å². The molecule has 3 amide bonds. The van der Waals surface area contributed by atoms with Crippen LogP contribution in [0.15, 0.2) is 85.1 Å². The van der Waals surface area contributed by atoms with Crippen LogP contribution in [0, 0.1) is 0 Å². The number of nitrogens with zero attached hydrogens (tertiary/aromatic N) is 2. The number of amides is 3. The molecule has 0 bridgehead atoms. The van der Waals surface area contributed by atoms with E-state index in [0.717, 1.165) is 53.2 Å². The number of nitrogens with one attached hydrogen (secondary N) is 5. The molecule has 0 saturated carbocycles. The standard InChI is InChI=1S/C42H49N7O5S2/c1-42(2,3)28-23-35(39(53-5)36(24-28)48-55-6)47-41(51)46-34-11-12-37(33-10-8-7-9-32(33)34)54-30-13-14-43-38(26-30)45-29-21-27(22-31(25-29)52-4)40(50)44-15-16-49-17-19-56-20-18-49/h7-14,21-26,48H,15-20H2,1-6H3,(H,43,45)(H,44,50)(H2,46,47,51). The van der Waals surface area contributed by atoms with Crippen LogP contribution in [-0.4, -0.2) is 80.0 Å². The minimum Gasteiger partial charge on any atom is -0.497 e. The Morgan fingerprint density at radius 3 is 2.34 bits per heavy atom. The predicted molar refractivity (Wildman–Crippen MR) is 232 cm³/mol. The molecule has 0 radical (unpaired) electrons. The first kappa shape index (κ1) is 40.4. The zero-order chi connectivity index (χ0) is 39.7. The van der Waals surface area contributed by atoms with Gasteiger partial charge >= 0.3 is 6.03 Å². The minimum atomic E-state index is -0.414. The van der Waals surface area contributed by atoms with Gasteiger partial charge in [-0.1, -0.05) is 57.0 Å². The van der Waals surface area contributed by atoms with E-state index in [-0.39, 0.29) is 11.3 Å². The Kier molecular flexibility index (Phi) is 13.4. The molecule has 2 heterocycles. The number of carbonyl (C=O) groups excluding carboxylic acids is 2. The third kappa shape index (κ3) is 10.3. The van der Waals surface area contributed by atoms with Crippen LogP contribution in [0.25, 0.3) is 10.8 Å². The molecule has 12 nitrogen and oxygen atoms in total. The zero-order valence-corrected chi connectivity index (χ0v) is 34.2. The Balaban J connectivity index is 1.16. The summed E-state index contributed by atoms with van der Waals surface area (Å²) < 4.78 is 20.9. The summed E-state index contributed by atoms with van der Waals surface area (Å²) in [5, 5.41) is 14.0. The molecule has 14 heteroatoms. The SMILES string of the molecule is COc1cc(Nc2cc(Oc3ccc(NC(=O)Nc4cc(C(C)(C)C)cc(NSC)c4OC)c4ccccc34)ccn2)cc(C(=O)NCCN2CCSCC2)c1. The van der Waals surface area contributed by atoms with Gasteiger partial charge in [0.1, 0.15) is 23.1 Å². The maximum atomic E-state index is 13.5. The van der Waals surface area contributed by atoms with Gasteiger partial charge in [-0.25, -0.2) is 9.78 Å². The van der Waals surface area contributed by atoms with Gasteiger partial charge in [-0.05, 0) is 53.4 Å². The van der Waals surface area contributed by atoms with E-state index in [2.05, 4.69) is 56.6 Å². The number of thioether (sulfide) groups is 1. The summed E-state index contributed by atoms with van der Waals surface area (Å²) in [6.07, 6.45) is 3.58. The highest BCUT2D eigenvalue weighted by Gasteiger charge is 2.21. The number of methoxy groups -OCH3 is 2. The number of urea groups is 1. The quantitative estimate of drug-likeness (QED) is 0.0688. The first-order valence-corrected chi connectivity index (χ1v) is 20.7. The lowest BCUT2D eigenvalue weighted by Crippen LogP contribution is -2.39. The van der Waals surface area contributed by atoms with Crippen molar-refractivity contribution >= 4 is 75.0 Å². The lowest BCUT2D eigenvalue weighted by molar-refractivity contribution is 0.0948. The maximum absolute atomic E-state index is 13.5. The van der Waals surface area contributed by atoms with Crippen molar-refractivity contribution in [3.8, 4) is 23.0 Å². The second-order valence-corrected chi connectivity index (χ2v) is 16.0. The fraction of sp³-hybridized carbons (Fsp3) is 0.310. The number of ether oxygens (including phenoxy) is 3. The van der Waals surface area contributed by atoms with E-state index in [1.807, 2.05) is 72.6 Å². The number of fused-ring (bicyclic) bond motifs is 1. The number of aromatic nitrogens is 1. The Hall–Kier alpha value is -5.31. The van der Waals surface area contributed by atoms with E-state index in [9.17, 15) is 9.59 Å². The molecule has 0 unspecified atom stereocenters. The molecule has 5 aromatic rings. The molecular formula is C42H49N7O5S2. The van der Waals surface area contributed by atoms with Crippen LogP contribution in [0.4, 0.5) is 33.4 Å². The van der Waals surface area contributed by atoms with Crippen molar-refractivity contribution in [1.29, 1.82) is 0 Å². The second-order valence-electron chi connectivity index (χ2n) is 14.2. The average molecular weight is 796 g/mol. The second kappa shape index (κ2) is 18.5. The number of hydrogen-bond donors (Lipinski definition) is 5. The summed E-state index contributed by atoms with van der Waals surface area (Å²) >= 11 is 3.42. The summed E-state index contributed by atoms with van der Waals surface area (Å²) in [6, 6.07) is 23.8. The fourth-order valence-corrected chi connectivity index (χ4v) is 7.65. The van der Waals surface area contributed by atoms with E-state index in [4.69, 9.17) is 14.2 Å². The van der Waals surface area contributed by atoms with Gasteiger partial charge in [0.05, 0.1) is 31.3 Å². The first-order chi connectivity index (χ1) is 27.0. The minimum absolute atomic E-state index is 0.159. The van der Waals surface area contributed by atoms with Crippen LogP contribution >= 0.6 is 23.7 Å². The Bertz CT molecular complexity index is 2170. The van der Waals surface area contributed by atoms with Crippen LogP contribution in [0.2, 0.25) is 0 Å². The molecule has 1 aliphatic rings. The number of anilines is 5. The summed E-state index contributed by atoms with van der Waals surface area (Å²) in [4.78, 5) is 33.5. The first-order valence-electron chi connectivity index (χ1n) is 18.3. The number of rotatable bonds is 14. The van der Waals surface area contributed by atoms with Crippen LogP contribution in [0.1, 0.15) is 36.7 Å². The number of hydrogen-bond acceptors (Lipinski definition) is 11. The Morgan fingerprint density at radius 1 is 0.857 bits per heavy atom. The molecular weight excluding hydrogens is 747 g/mol. The van der Waals surface area contributed by atoms with Gasteiger partial charge in [-0.2, -0.15) is 11.8 Å². The van der Waals surface area contributed by atoms with Crippen molar-refractivity contribution in [3.05, 3.63) is 96.2 Å². The molecule has 1 aliphatic heterocycles. The molecule has 0 spiro atoms. The van der Waals surface area contributed by atoms with Crippen molar-refractivity contribution in [1.82, 2.24) is 15.2 Å². The highest BCUT2D eigenvalue weighted by Crippen LogP contribution is 2.40. The molecule has 6 rings (SSSR count). The van der Waals surface area contributed by atoms with E-state index < -0.39 is 6.03 Å². The van der Waals surface area contributed by atoms with Gasteiger partial charge in [-0.3, -0.25) is 9.69 Å². The lowest BCUT2D eigenvalue weighted by Gasteiger charge is -2.26. The van der Waals surface area contributed by atoms with Crippen molar-refractivity contribution < 1.29 is 23.8 Å². The maximum Gasteiger partial charge on any atom is 0.323 e. The third-order valence-corrected chi connectivity index (χ3v) is 10.6. The van der Waals surface area contributed by atoms with Gasteiger partial charge < -0.3 is 40.2 Å². The Labute approximate surface area is 337 Å². The van der Waals surface area contributed by atoms with Crippen LogP contribution < -0.4 is 40.2 Å². The average Bonchev–Trinajstić information content (AvgIpc) is 3.19. The van der Waals surface area contributed by atoms with Gasteiger partial charge in [0.2, 0.25) is 0 Å². The van der Waals surface area contributed by atoms with Gasteiger partial charge in [0.25, 0.3) is 5.91 Å². The van der Waals surface area contributed by atoms with E-state index in [1.54, 1.807) is 44.7 Å². The van der Waals surface area contributed by atoms with E-state index in [0.29, 0.717) is 58.0 Å². The van der Waals surface area contributed by atoms with E-state index >= 15 is 0 Å². The zero-order valence-electron chi connectivity index (χ0n) is 32.6. The number of benzene rings is 4. The van der Waals surface area contributed by atoms with Crippen molar-refractivity contribution in [3.63, 3.8) is 0 Å². The summed E-state index contributed by atoms with van der Waals surface area (Å²) in [7, 11) is 3.16. The molecule has 1 fully saturated rings. The van der Waals surface area contributed by atoms with Gasteiger partial charge in [0.15, 0.2) is 5.75 Å². The summed E-state index contributed by atoms with van der Waals surface area (Å²) in [6.45, 7) is 9.85. The summed E-state index contributed by atoms with van der Waals surface area (Å²) in [5.41, 5.74) is 3.95. The third-order valence-electron chi connectivity index (χ3n) is 9.20. The van der Waals surface area contributed by atoms with Gasteiger partial charge in [0, 0.05) is 84.3 Å². The van der Waals surface area contributed by atoms with Crippen LogP contribution in [0.3, 0.4) is 0 Å². The molecule has 0 atom stereocenters. The largest absolute Gasteiger partial charge is 0.497 e. The smallest absolute Gasteiger partial charge is 0.323 e. The monoisotopic (exact) mass is 795 g/mol. The highest BCUT2D eigenvalue weighted by molar-refractivity contribution is 7.99. The molecule has 294 valence electrons. The molecule has 0 aliphatic carbocycles. The molecule has 1 saturated heterocycles. The number of carbonyl (C=O) groups is 2.